The van der Waals surface area contributed by atoms with E-state index in [0.29, 0.717) is 17.3 Å². The van der Waals surface area contributed by atoms with Crippen molar-refractivity contribution in [3.05, 3.63) is 0 Å². The molecular weight excluding hydrogens is 312 g/mol. The number of ketones is 1. The first kappa shape index (κ1) is 18.0. The Balaban J connectivity index is 1.59. The Kier molecular flexibility index (Phi) is 4.16. The second-order valence-electron chi connectivity index (χ2n) is 10.7. The molecule has 0 aromatic heterocycles. The molecule has 3 nitrogen and oxygen atoms in total. The standard InChI is InChI=1S/C22H36O3/c1-20(25)10-11-21(2)14(12-20)4-5-15-16-6-7-18(19(24)13-23)22(16,3)9-8-17(15)21/h14-18,23,25H,4-13H2,1-3H3/t14?,15-,16-,17?,18+,20+,21-,22-/m0/s1. The minimum Gasteiger partial charge on any atom is -0.390 e. The van der Waals surface area contributed by atoms with Crippen molar-refractivity contribution >= 4 is 5.78 Å². The third-order valence-corrected chi connectivity index (χ3v) is 9.50. The zero-order valence-corrected chi connectivity index (χ0v) is 16.3. The van der Waals surface area contributed by atoms with E-state index < -0.39 is 5.60 Å². The molecule has 2 N–H and O–H groups in total. The average molecular weight is 349 g/mol. The summed E-state index contributed by atoms with van der Waals surface area (Å²) in [6.07, 6.45) is 10.1. The van der Waals surface area contributed by atoms with E-state index in [1.807, 2.05) is 6.92 Å². The predicted molar refractivity (Wildman–Crippen MR) is 97.9 cm³/mol. The molecule has 0 aromatic rings. The minimum absolute atomic E-state index is 0.0806. The Morgan fingerprint density at radius 1 is 0.920 bits per heavy atom. The first-order valence-electron chi connectivity index (χ1n) is 10.6. The molecule has 0 heterocycles. The van der Waals surface area contributed by atoms with Crippen molar-refractivity contribution < 1.29 is 15.0 Å². The zero-order valence-electron chi connectivity index (χ0n) is 16.3. The highest BCUT2D eigenvalue weighted by atomic mass is 16.3. The molecule has 0 bridgehead atoms. The molecule has 0 saturated heterocycles. The SMILES string of the molecule is C[C@@]1(O)CC[C@@]2(C)C(CC[C@@H]3C2CC[C@]2(C)[C@@H](C(=O)CO)CC[C@@H]32)C1. The van der Waals surface area contributed by atoms with Gasteiger partial charge in [0.25, 0.3) is 0 Å². The van der Waals surface area contributed by atoms with E-state index in [2.05, 4.69) is 13.8 Å². The summed E-state index contributed by atoms with van der Waals surface area (Å²) in [5.41, 5.74) is 0.0299. The lowest BCUT2D eigenvalue weighted by molar-refractivity contribution is -0.151. The second kappa shape index (κ2) is 5.79. The first-order valence-corrected chi connectivity index (χ1v) is 10.6. The third-order valence-electron chi connectivity index (χ3n) is 9.50. The van der Waals surface area contributed by atoms with Crippen molar-refractivity contribution in [1.29, 1.82) is 0 Å². The molecule has 8 atom stereocenters. The summed E-state index contributed by atoms with van der Waals surface area (Å²) >= 11 is 0. The van der Waals surface area contributed by atoms with E-state index >= 15 is 0 Å². The molecule has 4 aliphatic carbocycles. The van der Waals surface area contributed by atoms with Crippen LogP contribution >= 0.6 is 0 Å². The molecule has 0 spiro atoms. The molecule has 142 valence electrons. The molecular formula is C22H36O3. The number of fused-ring (bicyclic) bond motifs is 5. The van der Waals surface area contributed by atoms with E-state index in [1.54, 1.807) is 0 Å². The van der Waals surface area contributed by atoms with Crippen LogP contribution in [0.1, 0.15) is 78.6 Å². The molecule has 0 aromatic carbocycles. The van der Waals surface area contributed by atoms with Crippen LogP contribution in [0, 0.1) is 40.4 Å². The van der Waals surface area contributed by atoms with Gasteiger partial charge in [0.1, 0.15) is 6.61 Å². The quantitative estimate of drug-likeness (QED) is 0.794. The van der Waals surface area contributed by atoms with Gasteiger partial charge in [0.05, 0.1) is 5.60 Å². The lowest BCUT2D eigenvalue weighted by Gasteiger charge is -2.61. The average Bonchev–Trinajstić information content (AvgIpc) is 2.92. The highest BCUT2D eigenvalue weighted by Gasteiger charge is 2.61. The number of Topliss-reactive ketones (excluding diaryl/α,β-unsaturated/α-hetero) is 1. The number of rotatable bonds is 2. The van der Waals surface area contributed by atoms with Gasteiger partial charge in [-0.1, -0.05) is 13.8 Å². The molecule has 3 heteroatoms. The Labute approximate surface area is 152 Å². The molecule has 4 aliphatic rings. The van der Waals surface area contributed by atoms with Crippen LogP contribution in [0.3, 0.4) is 0 Å². The van der Waals surface area contributed by atoms with E-state index in [9.17, 15) is 15.0 Å². The van der Waals surface area contributed by atoms with Crippen LogP contribution in [0.5, 0.6) is 0 Å². The number of carbonyl (C=O) groups excluding carboxylic acids is 1. The molecule has 4 fully saturated rings. The molecule has 25 heavy (non-hydrogen) atoms. The molecule has 4 rings (SSSR count). The highest BCUT2D eigenvalue weighted by molar-refractivity contribution is 5.83. The third kappa shape index (κ3) is 2.56. The van der Waals surface area contributed by atoms with E-state index in [0.717, 1.165) is 43.9 Å². The van der Waals surface area contributed by atoms with Crippen molar-refractivity contribution in [2.24, 2.45) is 40.4 Å². The maximum absolute atomic E-state index is 12.3. The van der Waals surface area contributed by atoms with Crippen LogP contribution in [-0.2, 0) is 4.79 Å². The van der Waals surface area contributed by atoms with Gasteiger partial charge in [-0.3, -0.25) is 4.79 Å². The van der Waals surface area contributed by atoms with Gasteiger partial charge >= 0.3 is 0 Å². The summed E-state index contributed by atoms with van der Waals surface area (Å²) in [6, 6.07) is 0. The van der Waals surface area contributed by atoms with Gasteiger partial charge < -0.3 is 10.2 Å². The topological polar surface area (TPSA) is 57.5 Å². The van der Waals surface area contributed by atoms with Crippen molar-refractivity contribution in [3.8, 4) is 0 Å². The smallest absolute Gasteiger partial charge is 0.161 e. The van der Waals surface area contributed by atoms with Gasteiger partial charge in [0.2, 0.25) is 0 Å². The minimum atomic E-state index is -0.466. The lowest BCUT2D eigenvalue weighted by Crippen LogP contribution is -2.55. The van der Waals surface area contributed by atoms with Gasteiger partial charge in [-0.2, -0.15) is 0 Å². The fraction of sp³-hybridized carbons (Fsp3) is 0.955. The van der Waals surface area contributed by atoms with Gasteiger partial charge in [0, 0.05) is 5.92 Å². The summed E-state index contributed by atoms with van der Waals surface area (Å²) in [6.45, 7) is 6.60. The lowest BCUT2D eigenvalue weighted by atomic mass is 9.44. The highest BCUT2D eigenvalue weighted by Crippen LogP contribution is 2.68. The van der Waals surface area contributed by atoms with Crippen LogP contribution < -0.4 is 0 Å². The first-order chi connectivity index (χ1) is 11.7. The zero-order chi connectivity index (χ0) is 18.0. The normalized spacial score (nSPS) is 55.2. The number of carbonyl (C=O) groups is 1. The van der Waals surface area contributed by atoms with Gasteiger partial charge in [0.15, 0.2) is 5.78 Å². The van der Waals surface area contributed by atoms with Crippen molar-refractivity contribution in [1.82, 2.24) is 0 Å². The summed E-state index contributed by atoms with van der Waals surface area (Å²) in [5.74, 6) is 3.01. The monoisotopic (exact) mass is 348 g/mol. The number of hydrogen-bond acceptors (Lipinski definition) is 3. The fourth-order valence-electron chi connectivity index (χ4n) is 8.07. The number of aliphatic hydroxyl groups excluding tert-OH is 1. The van der Waals surface area contributed by atoms with E-state index in [1.165, 1.54) is 25.7 Å². The van der Waals surface area contributed by atoms with E-state index in [-0.39, 0.29) is 23.7 Å². The summed E-state index contributed by atoms with van der Waals surface area (Å²) in [5, 5.41) is 20.0. The number of aliphatic hydroxyl groups is 2. The van der Waals surface area contributed by atoms with E-state index in [4.69, 9.17) is 0 Å². The van der Waals surface area contributed by atoms with Gasteiger partial charge in [-0.05, 0) is 99.2 Å². The maximum Gasteiger partial charge on any atom is 0.161 e. The summed E-state index contributed by atoms with van der Waals surface area (Å²) < 4.78 is 0. The Hall–Kier alpha value is -0.410. The van der Waals surface area contributed by atoms with Gasteiger partial charge in [-0.15, -0.1) is 0 Å². The Bertz CT molecular complexity index is 555. The molecule has 4 saturated carbocycles. The largest absolute Gasteiger partial charge is 0.390 e. The Morgan fingerprint density at radius 3 is 2.36 bits per heavy atom. The van der Waals surface area contributed by atoms with Crippen LogP contribution in [0.25, 0.3) is 0 Å². The van der Waals surface area contributed by atoms with Crippen LogP contribution in [0.15, 0.2) is 0 Å². The maximum atomic E-state index is 12.3. The fourth-order valence-corrected chi connectivity index (χ4v) is 8.07. The Morgan fingerprint density at radius 2 is 1.64 bits per heavy atom. The number of hydrogen-bond donors (Lipinski definition) is 2. The van der Waals surface area contributed by atoms with Crippen LogP contribution in [-0.4, -0.2) is 28.2 Å². The molecule has 0 radical (unpaired) electrons. The molecule has 2 unspecified atom stereocenters. The van der Waals surface area contributed by atoms with Crippen molar-refractivity contribution in [3.63, 3.8) is 0 Å². The summed E-state index contributed by atoms with van der Waals surface area (Å²) in [7, 11) is 0. The molecule has 0 amide bonds. The van der Waals surface area contributed by atoms with Crippen molar-refractivity contribution in [2.75, 3.05) is 6.61 Å². The molecule has 0 aliphatic heterocycles. The predicted octanol–water partition coefficient (Wildman–Crippen LogP) is 3.96. The van der Waals surface area contributed by atoms with Gasteiger partial charge in [-0.25, -0.2) is 0 Å². The van der Waals surface area contributed by atoms with Crippen LogP contribution in [0.4, 0.5) is 0 Å². The van der Waals surface area contributed by atoms with Crippen LogP contribution in [0.2, 0.25) is 0 Å². The summed E-state index contributed by atoms with van der Waals surface area (Å²) in [4.78, 5) is 12.3. The second-order valence-corrected chi connectivity index (χ2v) is 10.7. The van der Waals surface area contributed by atoms with Crippen molar-refractivity contribution in [2.45, 2.75) is 84.2 Å².